The minimum Gasteiger partial charge on any atom is -0.447 e. The van der Waals surface area contributed by atoms with Gasteiger partial charge in [-0.2, -0.15) is 0 Å². The molecule has 148 valence electrons. The number of hydrogen-bond donors (Lipinski definition) is 0. The van der Waals surface area contributed by atoms with Gasteiger partial charge < -0.3 is 4.74 Å². The number of aromatic nitrogens is 3. The molecule has 0 saturated carbocycles. The van der Waals surface area contributed by atoms with Crippen LogP contribution in [-0.4, -0.2) is 27.7 Å². The summed E-state index contributed by atoms with van der Waals surface area (Å²) in [6, 6.07) is 29.6. The van der Waals surface area contributed by atoms with E-state index in [0.717, 1.165) is 22.4 Å². The van der Waals surface area contributed by atoms with E-state index in [1.54, 1.807) is 4.90 Å². The quantitative estimate of drug-likeness (QED) is 0.491. The third kappa shape index (κ3) is 3.33. The van der Waals surface area contributed by atoms with Gasteiger partial charge in [-0.1, -0.05) is 96.2 Å². The van der Waals surface area contributed by atoms with Crippen molar-refractivity contribution >= 4 is 11.9 Å². The van der Waals surface area contributed by atoms with Gasteiger partial charge in [0.1, 0.15) is 18.3 Å². The Labute approximate surface area is 174 Å². The van der Waals surface area contributed by atoms with Gasteiger partial charge in [-0.05, 0) is 11.1 Å². The van der Waals surface area contributed by atoms with Gasteiger partial charge in [0.25, 0.3) is 0 Å². The largest absolute Gasteiger partial charge is 0.447 e. The Morgan fingerprint density at radius 2 is 1.50 bits per heavy atom. The molecule has 1 atom stereocenters. The molecular weight excluding hydrogens is 376 g/mol. The molecule has 4 aromatic rings. The molecule has 0 radical (unpaired) electrons. The summed E-state index contributed by atoms with van der Waals surface area (Å²) in [7, 11) is 0. The number of ether oxygens (including phenoxy) is 1. The summed E-state index contributed by atoms with van der Waals surface area (Å²) in [5, 5.41) is 8.85. The molecule has 3 aromatic carbocycles. The van der Waals surface area contributed by atoms with Crippen molar-refractivity contribution in [3.05, 3.63) is 102 Å². The highest BCUT2D eigenvalue weighted by atomic mass is 16.6. The monoisotopic (exact) mass is 396 g/mol. The number of benzene rings is 3. The Bertz CT molecular complexity index is 1140. The Kier molecular flexibility index (Phi) is 4.73. The van der Waals surface area contributed by atoms with E-state index >= 15 is 0 Å². The fraction of sp³-hybridized carbons (Fsp3) is 0.125. The smallest absolute Gasteiger partial charge is 0.416 e. The van der Waals surface area contributed by atoms with Gasteiger partial charge in [0.2, 0.25) is 0 Å². The number of nitrogens with zero attached hydrogens (tertiary/aromatic N) is 4. The number of hydrogen-bond acceptors (Lipinski definition) is 4. The second-order valence-corrected chi connectivity index (χ2v) is 7.14. The van der Waals surface area contributed by atoms with Crippen LogP contribution in [0.2, 0.25) is 0 Å². The van der Waals surface area contributed by atoms with Crippen molar-refractivity contribution in [1.82, 2.24) is 15.0 Å². The second-order valence-electron chi connectivity index (χ2n) is 7.14. The van der Waals surface area contributed by atoms with Crippen LogP contribution in [0.4, 0.5) is 10.6 Å². The topological polar surface area (TPSA) is 60.2 Å². The average molecular weight is 396 g/mol. The van der Waals surface area contributed by atoms with E-state index < -0.39 is 6.09 Å². The third-order valence-corrected chi connectivity index (χ3v) is 5.23. The SMILES string of the molecule is O=C1OC[C@@H](c2ccccc2)N1c1nnn(Cc2ccccc2)c1-c1ccccc1. The molecule has 1 aliphatic heterocycles. The summed E-state index contributed by atoms with van der Waals surface area (Å²) >= 11 is 0. The van der Waals surface area contributed by atoms with Crippen molar-refractivity contribution in [1.29, 1.82) is 0 Å². The number of rotatable bonds is 5. The highest BCUT2D eigenvalue weighted by Gasteiger charge is 2.39. The minimum absolute atomic E-state index is 0.247. The van der Waals surface area contributed by atoms with Crippen LogP contribution in [0.3, 0.4) is 0 Å². The normalized spacial score (nSPS) is 15.9. The first-order valence-electron chi connectivity index (χ1n) is 9.85. The van der Waals surface area contributed by atoms with E-state index in [1.807, 2.05) is 95.7 Å². The molecule has 2 heterocycles. The summed E-state index contributed by atoms with van der Waals surface area (Å²) < 4.78 is 7.26. The maximum absolute atomic E-state index is 12.7. The van der Waals surface area contributed by atoms with E-state index in [0.29, 0.717) is 12.4 Å². The summed E-state index contributed by atoms with van der Waals surface area (Å²) in [6.07, 6.45) is -0.409. The number of cyclic esters (lactones) is 1. The summed E-state index contributed by atoms with van der Waals surface area (Å²) in [5.41, 5.74) is 3.84. The van der Waals surface area contributed by atoms with Crippen LogP contribution in [0.15, 0.2) is 91.0 Å². The maximum atomic E-state index is 12.7. The van der Waals surface area contributed by atoms with Gasteiger partial charge in [0, 0.05) is 5.56 Å². The zero-order valence-corrected chi connectivity index (χ0v) is 16.3. The predicted octanol–water partition coefficient (Wildman–Crippen LogP) is 4.69. The highest BCUT2D eigenvalue weighted by molar-refractivity contribution is 5.93. The lowest BCUT2D eigenvalue weighted by atomic mass is 10.1. The summed E-state index contributed by atoms with van der Waals surface area (Å²) in [6.45, 7) is 0.833. The van der Waals surface area contributed by atoms with Crippen molar-refractivity contribution in [2.75, 3.05) is 11.5 Å². The second kappa shape index (κ2) is 7.83. The molecular formula is C24H20N4O2. The molecule has 0 N–H and O–H groups in total. The van der Waals surface area contributed by atoms with E-state index in [9.17, 15) is 4.79 Å². The Hall–Kier alpha value is -3.93. The lowest BCUT2D eigenvalue weighted by molar-refractivity contribution is 0.179. The predicted molar refractivity (Wildman–Crippen MR) is 114 cm³/mol. The van der Waals surface area contributed by atoms with E-state index in [4.69, 9.17) is 4.74 Å². The van der Waals surface area contributed by atoms with Crippen LogP contribution in [0, 0.1) is 0 Å². The average Bonchev–Trinajstić information content (AvgIpc) is 3.38. The van der Waals surface area contributed by atoms with E-state index in [2.05, 4.69) is 10.3 Å². The highest BCUT2D eigenvalue weighted by Crippen LogP contribution is 2.37. The molecule has 30 heavy (non-hydrogen) atoms. The van der Waals surface area contributed by atoms with Gasteiger partial charge in [-0.25, -0.2) is 14.4 Å². The molecule has 6 nitrogen and oxygen atoms in total. The lowest BCUT2D eigenvalue weighted by Gasteiger charge is -2.20. The molecule has 0 aliphatic carbocycles. The number of carbonyl (C=O) groups excluding carboxylic acids is 1. The molecule has 0 unspecified atom stereocenters. The van der Waals surface area contributed by atoms with Crippen molar-refractivity contribution in [3.63, 3.8) is 0 Å². The molecule has 6 heteroatoms. The Morgan fingerprint density at radius 1 is 0.867 bits per heavy atom. The zero-order chi connectivity index (χ0) is 20.3. The standard InChI is InChI=1S/C24H20N4O2/c29-24-28(21(17-30-24)19-12-6-2-7-13-19)23-22(20-14-8-3-9-15-20)27(26-25-23)16-18-10-4-1-5-11-18/h1-15,21H,16-17H2/t21-/m0/s1. The Balaban J connectivity index is 1.62. The maximum Gasteiger partial charge on any atom is 0.416 e. The molecule has 1 aromatic heterocycles. The zero-order valence-electron chi connectivity index (χ0n) is 16.3. The first-order chi connectivity index (χ1) is 14.8. The Morgan fingerprint density at radius 3 is 2.20 bits per heavy atom. The van der Waals surface area contributed by atoms with Crippen molar-refractivity contribution in [3.8, 4) is 11.3 Å². The molecule has 1 aliphatic rings. The van der Waals surface area contributed by atoms with Crippen LogP contribution in [0.1, 0.15) is 17.2 Å². The lowest BCUT2D eigenvalue weighted by Crippen LogP contribution is -2.28. The van der Waals surface area contributed by atoms with Crippen LogP contribution in [0.25, 0.3) is 11.3 Å². The van der Waals surface area contributed by atoms with Crippen LogP contribution in [-0.2, 0) is 11.3 Å². The number of anilines is 1. The molecule has 1 saturated heterocycles. The molecule has 1 amide bonds. The van der Waals surface area contributed by atoms with Crippen molar-refractivity contribution in [2.24, 2.45) is 0 Å². The molecule has 5 rings (SSSR count). The molecule has 0 bridgehead atoms. The first kappa shape index (κ1) is 18.1. The fourth-order valence-electron chi connectivity index (χ4n) is 3.78. The van der Waals surface area contributed by atoms with Gasteiger partial charge in [-0.15, -0.1) is 5.10 Å². The summed E-state index contributed by atoms with van der Waals surface area (Å²) in [4.78, 5) is 14.4. The minimum atomic E-state index is -0.409. The van der Waals surface area contributed by atoms with Crippen LogP contribution in [0.5, 0.6) is 0 Å². The van der Waals surface area contributed by atoms with Gasteiger partial charge in [0.15, 0.2) is 5.82 Å². The van der Waals surface area contributed by atoms with Crippen LogP contribution < -0.4 is 4.90 Å². The van der Waals surface area contributed by atoms with Crippen molar-refractivity contribution < 1.29 is 9.53 Å². The summed E-state index contributed by atoms with van der Waals surface area (Å²) in [5.74, 6) is 0.508. The number of amides is 1. The van der Waals surface area contributed by atoms with Crippen LogP contribution >= 0.6 is 0 Å². The number of carbonyl (C=O) groups is 1. The fourth-order valence-corrected chi connectivity index (χ4v) is 3.78. The molecule has 1 fully saturated rings. The molecule has 0 spiro atoms. The van der Waals surface area contributed by atoms with E-state index in [-0.39, 0.29) is 12.6 Å². The van der Waals surface area contributed by atoms with Gasteiger partial charge >= 0.3 is 6.09 Å². The van der Waals surface area contributed by atoms with Gasteiger partial charge in [-0.3, -0.25) is 0 Å². The first-order valence-corrected chi connectivity index (χ1v) is 9.85. The third-order valence-electron chi connectivity index (χ3n) is 5.23. The van der Waals surface area contributed by atoms with Gasteiger partial charge in [0.05, 0.1) is 6.54 Å². The van der Waals surface area contributed by atoms with Crippen molar-refractivity contribution in [2.45, 2.75) is 12.6 Å². The van der Waals surface area contributed by atoms with E-state index in [1.165, 1.54) is 0 Å².